The number of nitrogens with one attached hydrogen (secondary N) is 3. The van der Waals surface area contributed by atoms with E-state index in [0.29, 0.717) is 27.1 Å². The van der Waals surface area contributed by atoms with Gasteiger partial charge in [0.05, 0.1) is 10.6 Å². The van der Waals surface area contributed by atoms with Crippen LogP contribution in [0.3, 0.4) is 0 Å². The zero-order valence-corrected chi connectivity index (χ0v) is 16.5. The molecule has 0 aromatic heterocycles. The lowest BCUT2D eigenvalue weighted by Gasteiger charge is -2.15. The van der Waals surface area contributed by atoms with Crippen molar-refractivity contribution in [1.29, 1.82) is 0 Å². The number of thiocarbonyl (C=S) groups is 1. The standard InChI is InChI=1S/C17H20ClN3O2S2/c1-11(2)19-17(24)20-14-8-7-12(3)16(10-14)25(22,23)21-15-6-4-5-13(18)9-15/h4-11,21H,1-3H3,(H2,19,20,24). The Morgan fingerprint density at radius 3 is 2.48 bits per heavy atom. The van der Waals surface area contributed by atoms with Gasteiger partial charge >= 0.3 is 0 Å². The summed E-state index contributed by atoms with van der Waals surface area (Å²) in [5, 5.41) is 6.93. The smallest absolute Gasteiger partial charge is 0.262 e. The van der Waals surface area contributed by atoms with Crippen molar-refractivity contribution in [3.8, 4) is 0 Å². The first-order valence-corrected chi connectivity index (χ1v) is 9.91. The number of benzene rings is 2. The van der Waals surface area contributed by atoms with E-state index in [1.807, 2.05) is 13.8 Å². The van der Waals surface area contributed by atoms with Gasteiger partial charge in [-0.2, -0.15) is 0 Å². The molecule has 25 heavy (non-hydrogen) atoms. The number of aryl methyl sites for hydroxylation is 1. The molecule has 0 unspecified atom stereocenters. The van der Waals surface area contributed by atoms with Crippen molar-refractivity contribution in [2.75, 3.05) is 10.0 Å². The van der Waals surface area contributed by atoms with Crippen LogP contribution < -0.4 is 15.4 Å². The van der Waals surface area contributed by atoms with Crippen LogP contribution >= 0.6 is 23.8 Å². The Hall–Kier alpha value is -1.83. The van der Waals surface area contributed by atoms with E-state index in [4.69, 9.17) is 23.8 Å². The van der Waals surface area contributed by atoms with Crippen LogP contribution in [0.5, 0.6) is 0 Å². The van der Waals surface area contributed by atoms with E-state index < -0.39 is 10.0 Å². The molecule has 0 saturated heterocycles. The van der Waals surface area contributed by atoms with E-state index in [9.17, 15) is 8.42 Å². The van der Waals surface area contributed by atoms with Gasteiger partial charge in [0.25, 0.3) is 10.0 Å². The van der Waals surface area contributed by atoms with Crippen molar-refractivity contribution in [3.05, 3.63) is 53.1 Å². The molecule has 0 aliphatic carbocycles. The van der Waals surface area contributed by atoms with Crippen LogP contribution in [0, 0.1) is 6.92 Å². The minimum absolute atomic E-state index is 0.171. The van der Waals surface area contributed by atoms with Crippen molar-refractivity contribution < 1.29 is 8.42 Å². The van der Waals surface area contributed by atoms with Gasteiger partial charge < -0.3 is 10.6 Å². The van der Waals surface area contributed by atoms with Gasteiger partial charge in [-0.05, 0) is 68.9 Å². The maximum atomic E-state index is 12.7. The number of halogens is 1. The highest BCUT2D eigenvalue weighted by atomic mass is 35.5. The molecule has 2 aromatic carbocycles. The molecule has 0 bridgehead atoms. The maximum Gasteiger partial charge on any atom is 0.262 e. The van der Waals surface area contributed by atoms with Crippen molar-refractivity contribution in [3.63, 3.8) is 0 Å². The van der Waals surface area contributed by atoms with Crippen LogP contribution in [0.15, 0.2) is 47.4 Å². The fraction of sp³-hybridized carbons (Fsp3) is 0.235. The average Bonchev–Trinajstić information content (AvgIpc) is 2.47. The van der Waals surface area contributed by atoms with Gasteiger partial charge in [-0.1, -0.05) is 23.7 Å². The topological polar surface area (TPSA) is 70.2 Å². The Morgan fingerprint density at radius 1 is 1.12 bits per heavy atom. The molecule has 0 aliphatic heterocycles. The summed E-state index contributed by atoms with van der Waals surface area (Å²) >= 11 is 11.1. The van der Waals surface area contributed by atoms with E-state index in [1.54, 1.807) is 49.4 Å². The number of rotatable bonds is 5. The van der Waals surface area contributed by atoms with Crippen LogP contribution in [0.4, 0.5) is 11.4 Å². The first-order chi connectivity index (χ1) is 11.7. The number of hydrogen-bond donors (Lipinski definition) is 3. The maximum absolute atomic E-state index is 12.7. The average molecular weight is 398 g/mol. The second kappa shape index (κ2) is 8.03. The third-order valence-corrected chi connectivity index (χ3v) is 5.21. The van der Waals surface area contributed by atoms with Gasteiger partial charge in [-0.15, -0.1) is 0 Å². The molecule has 0 saturated carbocycles. The van der Waals surface area contributed by atoms with E-state index in [-0.39, 0.29) is 10.9 Å². The van der Waals surface area contributed by atoms with Crippen molar-refractivity contribution in [1.82, 2.24) is 5.32 Å². The monoisotopic (exact) mass is 397 g/mol. The summed E-state index contributed by atoms with van der Waals surface area (Å²) in [5.74, 6) is 0. The summed E-state index contributed by atoms with van der Waals surface area (Å²) in [5.41, 5.74) is 1.63. The molecule has 0 amide bonds. The number of hydrogen-bond acceptors (Lipinski definition) is 3. The van der Waals surface area contributed by atoms with Crippen molar-refractivity contribution in [2.24, 2.45) is 0 Å². The van der Waals surface area contributed by atoms with Gasteiger partial charge in [0.15, 0.2) is 5.11 Å². The van der Waals surface area contributed by atoms with Crippen LogP contribution in [0.2, 0.25) is 5.02 Å². The lowest BCUT2D eigenvalue weighted by atomic mass is 10.2. The van der Waals surface area contributed by atoms with E-state index in [1.165, 1.54) is 0 Å². The Bertz CT molecular complexity index is 883. The second-order valence-electron chi connectivity index (χ2n) is 5.85. The highest BCUT2D eigenvalue weighted by molar-refractivity contribution is 7.92. The van der Waals surface area contributed by atoms with Crippen molar-refractivity contribution in [2.45, 2.75) is 31.7 Å². The van der Waals surface area contributed by atoms with Crippen LogP contribution in [0.1, 0.15) is 19.4 Å². The first kappa shape index (κ1) is 19.5. The minimum atomic E-state index is -3.75. The van der Waals surface area contributed by atoms with E-state index in [2.05, 4.69) is 15.4 Å². The molecule has 0 fully saturated rings. The fourth-order valence-corrected chi connectivity index (χ4v) is 4.02. The predicted octanol–water partition coefficient (Wildman–Crippen LogP) is 4.14. The predicted molar refractivity (Wildman–Crippen MR) is 108 cm³/mol. The largest absolute Gasteiger partial charge is 0.360 e. The Balaban J connectivity index is 2.27. The summed E-state index contributed by atoms with van der Waals surface area (Å²) < 4.78 is 28.0. The normalized spacial score (nSPS) is 11.2. The zero-order valence-electron chi connectivity index (χ0n) is 14.1. The van der Waals surface area contributed by atoms with Gasteiger partial charge in [-0.3, -0.25) is 4.72 Å². The molecule has 2 aromatic rings. The summed E-state index contributed by atoms with van der Waals surface area (Å²) in [7, 11) is -3.75. The molecule has 134 valence electrons. The molecule has 0 atom stereocenters. The SMILES string of the molecule is Cc1ccc(NC(=S)NC(C)C)cc1S(=O)(=O)Nc1cccc(Cl)c1. The zero-order chi connectivity index (χ0) is 18.6. The summed E-state index contributed by atoms with van der Waals surface area (Å²) in [6.45, 7) is 5.67. The molecule has 0 spiro atoms. The van der Waals surface area contributed by atoms with Crippen LogP contribution in [-0.4, -0.2) is 19.6 Å². The summed E-state index contributed by atoms with van der Waals surface area (Å²) in [6.07, 6.45) is 0. The molecule has 2 rings (SSSR count). The quantitative estimate of drug-likeness (QED) is 0.661. The molecule has 8 heteroatoms. The molecule has 3 N–H and O–H groups in total. The number of anilines is 2. The second-order valence-corrected chi connectivity index (χ2v) is 8.34. The van der Waals surface area contributed by atoms with Gasteiger partial charge in [-0.25, -0.2) is 8.42 Å². The molecular formula is C17H20ClN3O2S2. The van der Waals surface area contributed by atoms with Crippen molar-refractivity contribution >= 4 is 50.3 Å². The summed E-state index contributed by atoms with van der Waals surface area (Å²) in [4.78, 5) is 0.171. The van der Waals surface area contributed by atoms with E-state index >= 15 is 0 Å². The van der Waals surface area contributed by atoms with Gasteiger partial charge in [0, 0.05) is 16.8 Å². The molecule has 5 nitrogen and oxygen atoms in total. The Kier molecular flexibility index (Phi) is 6.26. The highest BCUT2D eigenvalue weighted by Crippen LogP contribution is 2.24. The highest BCUT2D eigenvalue weighted by Gasteiger charge is 2.18. The van der Waals surface area contributed by atoms with Crippen LogP contribution in [-0.2, 0) is 10.0 Å². The Labute approximate surface area is 158 Å². The third kappa shape index (κ3) is 5.59. The molecule has 0 radical (unpaired) electrons. The molecule has 0 aliphatic rings. The lowest BCUT2D eigenvalue weighted by molar-refractivity contribution is 0.600. The van der Waals surface area contributed by atoms with Gasteiger partial charge in [0.2, 0.25) is 0 Å². The number of sulfonamides is 1. The lowest BCUT2D eigenvalue weighted by Crippen LogP contribution is -2.33. The fourth-order valence-electron chi connectivity index (χ4n) is 2.16. The van der Waals surface area contributed by atoms with Gasteiger partial charge in [0.1, 0.15) is 0 Å². The van der Waals surface area contributed by atoms with E-state index in [0.717, 1.165) is 0 Å². The first-order valence-electron chi connectivity index (χ1n) is 7.64. The third-order valence-electron chi connectivity index (χ3n) is 3.23. The Morgan fingerprint density at radius 2 is 1.84 bits per heavy atom. The minimum Gasteiger partial charge on any atom is -0.360 e. The molecule has 0 heterocycles. The van der Waals surface area contributed by atoms with Crippen LogP contribution in [0.25, 0.3) is 0 Å². The summed E-state index contributed by atoms with van der Waals surface area (Å²) in [6, 6.07) is 11.8. The molecular weight excluding hydrogens is 378 g/mol.